The number of likely N-dealkylation sites (tertiary alicyclic amines) is 1. The first-order valence-electron chi connectivity index (χ1n) is 12.3. The first kappa shape index (κ1) is 24.8. The molecule has 7 heteroatoms. The third kappa shape index (κ3) is 5.20. The van der Waals surface area contributed by atoms with E-state index in [4.69, 9.17) is 9.47 Å². The third-order valence-corrected chi connectivity index (χ3v) is 6.94. The van der Waals surface area contributed by atoms with E-state index in [-0.39, 0.29) is 30.4 Å². The van der Waals surface area contributed by atoms with Crippen molar-refractivity contribution < 1.29 is 19.1 Å². The minimum atomic E-state index is -0.444. The van der Waals surface area contributed by atoms with E-state index in [1.54, 1.807) is 12.0 Å². The number of benzene rings is 2. The van der Waals surface area contributed by atoms with E-state index in [0.29, 0.717) is 19.7 Å². The third-order valence-electron chi connectivity index (χ3n) is 6.94. The highest BCUT2D eigenvalue weighted by Crippen LogP contribution is 2.47. The Hall–Kier alpha value is -3.32. The number of likely N-dealkylation sites (N-methyl/N-ethyl adjacent to an activating group) is 1. The van der Waals surface area contributed by atoms with Gasteiger partial charge in [-0.05, 0) is 54.1 Å². The van der Waals surface area contributed by atoms with Crippen molar-refractivity contribution in [1.82, 2.24) is 14.8 Å². The van der Waals surface area contributed by atoms with Crippen molar-refractivity contribution in [2.75, 3.05) is 40.4 Å². The fourth-order valence-electron chi connectivity index (χ4n) is 5.20. The summed E-state index contributed by atoms with van der Waals surface area (Å²) in [6, 6.07) is 15.8. The number of aromatic amines is 1. The molecule has 3 atom stereocenters. The molecule has 0 unspecified atom stereocenters. The van der Waals surface area contributed by atoms with Gasteiger partial charge >= 0.3 is 5.97 Å². The quantitative estimate of drug-likeness (QED) is 0.464. The lowest BCUT2D eigenvalue weighted by atomic mass is 9.82. The Morgan fingerprint density at radius 2 is 1.83 bits per heavy atom. The van der Waals surface area contributed by atoms with Gasteiger partial charge in [0.25, 0.3) is 0 Å². The van der Waals surface area contributed by atoms with Crippen molar-refractivity contribution in [3.8, 4) is 5.75 Å². The van der Waals surface area contributed by atoms with Gasteiger partial charge in [0.2, 0.25) is 5.91 Å². The highest BCUT2D eigenvalue weighted by molar-refractivity contribution is 5.82. The normalized spacial score (nSPS) is 20.2. The number of methoxy groups -OCH3 is 1. The fourth-order valence-corrected chi connectivity index (χ4v) is 5.20. The highest BCUT2D eigenvalue weighted by Gasteiger charge is 2.48. The zero-order valence-corrected chi connectivity index (χ0v) is 21.0. The van der Waals surface area contributed by atoms with Crippen LogP contribution in [0.4, 0.5) is 0 Å². The van der Waals surface area contributed by atoms with Gasteiger partial charge in [0.1, 0.15) is 5.75 Å². The van der Waals surface area contributed by atoms with Crippen LogP contribution in [0.15, 0.2) is 54.7 Å². The molecule has 3 aromatic rings. The molecule has 1 fully saturated rings. The first-order chi connectivity index (χ1) is 17.0. The Morgan fingerprint density at radius 3 is 2.51 bits per heavy atom. The Kier molecular flexibility index (Phi) is 7.76. The summed E-state index contributed by atoms with van der Waals surface area (Å²) in [5.41, 5.74) is 3.06. The van der Waals surface area contributed by atoms with E-state index >= 15 is 0 Å². The van der Waals surface area contributed by atoms with Gasteiger partial charge in [0.15, 0.2) is 0 Å². The molecule has 0 bridgehead atoms. The predicted octanol–water partition coefficient (Wildman–Crippen LogP) is 4.36. The Labute approximate surface area is 207 Å². The maximum absolute atomic E-state index is 13.4. The van der Waals surface area contributed by atoms with Crippen molar-refractivity contribution in [2.24, 2.45) is 5.92 Å². The molecule has 1 aromatic heterocycles. The van der Waals surface area contributed by atoms with E-state index in [0.717, 1.165) is 34.2 Å². The number of aromatic nitrogens is 1. The van der Waals surface area contributed by atoms with E-state index in [2.05, 4.69) is 35.0 Å². The zero-order chi connectivity index (χ0) is 24.9. The van der Waals surface area contributed by atoms with Crippen LogP contribution in [0.2, 0.25) is 0 Å². The van der Waals surface area contributed by atoms with Crippen molar-refractivity contribution in [3.63, 3.8) is 0 Å². The molecular weight excluding hydrogens is 442 g/mol. The maximum atomic E-state index is 13.4. The monoisotopic (exact) mass is 477 g/mol. The average Bonchev–Trinajstić information content (AvgIpc) is 3.48. The van der Waals surface area contributed by atoms with Gasteiger partial charge < -0.3 is 19.4 Å². The number of fused-ring (bicyclic) bond motifs is 1. The van der Waals surface area contributed by atoms with Crippen molar-refractivity contribution in [1.29, 1.82) is 0 Å². The second-order valence-corrected chi connectivity index (χ2v) is 9.17. The van der Waals surface area contributed by atoms with Crippen molar-refractivity contribution >= 4 is 22.8 Å². The van der Waals surface area contributed by atoms with E-state index in [9.17, 15) is 9.59 Å². The fraction of sp³-hybridized carbons (Fsp3) is 0.429. The Morgan fingerprint density at radius 1 is 1.09 bits per heavy atom. The summed E-state index contributed by atoms with van der Waals surface area (Å²) in [6.07, 6.45) is 2.81. The molecule has 1 N–H and O–H groups in total. The van der Waals surface area contributed by atoms with E-state index in [1.165, 1.54) is 0 Å². The molecule has 2 aromatic carbocycles. The molecule has 2 heterocycles. The van der Waals surface area contributed by atoms with Crippen LogP contribution in [-0.2, 0) is 14.3 Å². The minimum Gasteiger partial charge on any atom is -0.497 e. The molecule has 0 saturated carbocycles. The van der Waals surface area contributed by atoms with Gasteiger partial charge in [-0.25, -0.2) is 0 Å². The van der Waals surface area contributed by atoms with Crippen LogP contribution in [-0.4, -0.2) is 67.1 Å². The van der Waals surface area contributed by atoms with Crippen LogP contribution in [0.3, 0.4) is 0 Å². The number of amides is 1. The summed E-state index contributed by atoms with van der Waals surface area (Å²) in [7, 11) is 3.47. The number of nitrogens with one attached hydrogen (secondary N) is 1. The molecular formula is C28H35N3O4. The minimum absolute atomic E-state index is 0.0495. The van der Waals surface area contributed by atoms with E-state index < -0.39 is 5.92 Å². The number of carbonyl (C=O) groups excluding carboxylic acids is 2. The summed E-state index contributed by atoms with van der Waals surface area (Å²) in [5.74, 6) is 0.00635. The number of carbonyl (C=O) groups is 2. The summed E-state index contributed by atoms with van der Waals surface area (Å²) < 4.78 is 10.9. The molecule has 0 aliphatic carbocycles. The molecule has 7 nitrogen and oxygen atoms in total. The number of nitrogens with zero attached hydrogens (tertiary/aromatic N) is 2. The SMILES string of the molecule is CCCN(C)C(=O)CN1C[C@H](c2ccc3cc[nH]c3c2)[C@@H](C(=O)OCC)[C@@H]1c1ccc(OC)cc1. The first-order valence-corrected chi connectivity index (χ1v) is 12.3. The van der Waals surface area contributed by atoms with E-state index in [1.807, 2.05) is 50.5 Å². The zero-order valence-electron chi connectivity index (χ0n) is 21.0. The second-order valence-electron chi connectivity index (χ2n) is 9.17. The maximum Gasteiger partial charge on any atom is 0.311 e. The number of esters is 1. The van der Waals surface area contributed by atoms with Crippen LogP contribution in [0, 0.1) is 5.92 Å². The van der Waals surface area contributed by atoms with Crippen molar-refractivity contribution in [3.05, 3.63) is 65.9 Å². The van der Waals surface area contributed by atoms with Gasteiger partial charge in [-0.2, -0.15) is 0 Å². The Bertz CT molecular complexity index is 1160. The van der Waals surface area contributed by atoms with Gasteiger partial charge in [0, 0.05) is 43.8 Å². The lowest BCUT2D eigenvalue weighted by Crippen LogP contribution is -2.39. The molecule has 4 rings (SSSR count). The lowest BCUT2D eigenvalue weighted by Gasteiger charge is -2.29. The molecule has 0 radical (unpaired) electrons. The van der Waals surface area contributed by atoms with Gasteiger partial charge in [-0.15, -0.1) is 0 Å². The second kappa shape index (κ2) is 11.0. The van der Waals surface area contributed by atoms with Crippen LogP contribution < -0.4 is 4.74 Å². The molecule has 0 spiro atoms. The number of H-pyrrole nitrogens is 1. The number of ether oxygens (including phenoxy) is 2. The smallest absolute Gasteiger partial charge is 0.311 e. The molecule has 1 aliphatic heterocycles. The summed E-state index contributed by atoms with van der Waals surface area (Å²) in [5, 5.41) is 1.12. The predicted molar refractivity (Wildman–Crippen MR) is 136 cm³/mol. The van der Waals surface area contributed by atoms with Crippen LogP contribution >= 0.6 is 0 Å². The Balaban J connectivity index is 1.76. The summed E-state index contributed by atoms with van der Waals surface area (Å²) >= 11 is 0. The topological polar surface area (TPSA) is 74.9 Å². The van der Waals surface area contributed by atoms with Crippen LogP contribution in [0.25, 0.3) is 10.9 Å². The van der Waals surface area contributed by atoms with Crippen molar-refractivity contribution in [2.45, 2.75) is 32.2 Å². The largest absolute Gasteiger partial charge is 0.497 e. The molecule has 1 saturated heterocycles. The average molecular weight is 478 g/mol. The van der Waals surface area contributed by atoms with Gasteiger partial charge in [-0.3, -0.25) is 14.5 Å². The molecule has 1 aliphatic rings. The summed E-state index contributed by atoms with van der Waals surface area (Å²) in [6.45, 7) is 5.72. The molecule has 1 amide bonds. The van der Waals surface area contributed by atoms with Gasteiger partial charge in [0.05, 0.1) is 26.2 Å². The molecule has 35 heavy (non-hydrogen) atoms. The highest BCUT2D eigenvalue weighted by atomic mass is 16.5. The van der Waals surface area contributed by atoms with Gasteiger partial charge in [-0.1, -0.05) is 31.2 Å². The standard InChI is InChI=1S/C28H35N3O4/c1-5-15-30(3)25(32)18-31-17-23(21-8-7-19-13-14-29-24(19)16-21)26(28(33)35-6-2)27(31)20-9-11-22(34-4)12-10-20/h7-14,16,23,26-27,29H,5-6,15,17-18H2,1-4H3/t23-,26-,27+/m1/s1. The molecule has 186 valence electrons. The number of rotatable bonds is 9. The lowest BCUT2D eigenvalue weighted by molar-refractivity contribution is -0.149. The number of hydrogen-bond donors (Lipinski definition) is 1. The summed E-state index contributed by atoms with van der Waals surface area (Å²) in [4.78, 5) is 33.7. The van der Waals surface area contributed by atoms with Crippen LogP contribution in [0.5, 0.6) is 5.75 Å². The number of hydrogen-bond acceptors (Lipinski definition) is 5. The van der Waals surface area contributed by atoms with Crippen LogP contribution in [0.1, 0.15) is 43.4 Å².